The van der Waals surface area contributed by atoms with Crippen molar-refractivity contribution in [3.05, 3.63) is 47.7 Å². The highest BCUT2D eigenvalue weighted by molar-refractivity contribution is 5.89. The molecule has 1 N–H and O–H groups in total. The highest BCUT2D eigenvalue weighted by Gasteiger charge is 2.11. The molecule has 0 aliphatic heterocycles. The van der Waals surface area contributed by atoms with Crippen LogP contribution in [0, 0.1) is 12.7 Å². The van der Waals surface area contributed by atoms with Crippen molar-refractivity contribution in [1.29, 1.82) is 0 Å². The Morgan fingerprint density at radius 3 is 2.71 bits per heavy atom. The Hall–Kier alpha value is -2.50. The van der Waals surface area contributed by atoms with Gasteiger partial charge in [-0.2, -0.15) is 5.10 Å². The van der Waals surface area contributed by atoms with Gasteiger partial charge in [-0.1, -0.05) is 12.1 Å². The van der Waals surface area contributed by atoms with Gasteiger partial charge in [0.25, 0.3) is 0 Å². The van der Waals surface area contributed by atoms with Crippen molar-refractivity contribution in [2.24, 2.45) is 7.05 Å². The van der Waals surface area contributed by atoms with E-state index in [0.29, 0.717) is 6.54 Å². The number of benzene rings is 1. The van der Waals surface area contributed by atoms with Gasteiger partial charge in [0.15, 0.2) is 5.65 Å². The summed E-state index contributed by atoms with van der Waals surface area (Å²) in [5, 5.41) is 8.61. The van der Waals surface area contributed by atoms with E-state index < -0.39 is 0 Å². The van der Waals surface area contributed by atoms with Crippen LogP contribution in [-0.2, 0) is 13.5 Å². The molecular formula is C15H16FN5. The third-order valence-corrected chi connectivity index (χ3v) is 3.41. The van der Waals surface area contributed by atoms with Gasteiger partial charge in [0.1, 0.15) is 18.0 Å². The first-order valence-corrected chi connectivity index (χ1v) is 6.78. The summed E-state index contributed by atoms with van der Waals surface area (Å²) in [6.07, 6.45) is 2.33. The lowest BCUT2D eigenvalue weighted by Crippen LogP contribution is -2.07. The van der Waals surface area contributed by atoms with Crippen LogP contribution < -0.4 is 5.32 Å². The molecule has 108 valence electrons. The number of halogens is 1. The summed E-state index contributed by atoms with van der Waals surface area (Å²) in [4.78, 5) is 8.54. The average molecular weight is 285 g/mol. The van der Waals surface area contributed by atoms with Crippen LogP contribution in [0.4, 0.5) is 10.2 Å². The lowest BCUT2D eigenvalue weighted by molar-refractivity contribution is 0.627. The number of fused-ring (bicyclic) bond motifs is 1. The molecule has 2 aromatic heterocycles. The molecular weight excluding hydrogens is 269 g/mol. The van der Waals surface area contributed by atoms with Crippen LogP contribution in [0.2, 0.25) is 0 Å². The molecule has 21 heavy (non-hydrogen) atoms. The van der Waals surface area contributed by atoms with Crippen LogP contribution in [0.1, 0.15) is 11.3 Å². The average Bonchev–Trinajstić information content (AvgIpc) is 2.77. The maximum atomic E-state index is 12.9. The molecule has 0 aliphatic carbocycles. The second-order valence-corrected chi connectivity index (χ2v) is 4.93. The summed E-state index contributed by atoms with van der Waals surface area (Å²) >= 11 is 0. The number of nitrogens with one attached hydrogen (secondary N) is 1. The van der Waals surface area contributed by atoms with Gasteiger partial charge in [-0.25, -0.2) is 14.4 Å². The Morgan fingerprint density at radius 2 is 1.95 bits per heavy atom. The molecule has 0 aliphatic rings. The molecule has 0 saturated heterocycles. The number of hydrogen-bond donors (Lipinski definition) is 1. The van der Waals surface area contributed by atoms with Crippen LogP contribution in [-0.4, -0.2) is 26.3 Å². The molecule has 1 aromatic carbocycles. The lowest BCUT2D eigenvalue weighted by Gasteiger charge is -2.07. The number of hydrogen-bond acceptors (Lipinski definition) is 4. The Balaban J connectivity index is 1.75. The van der Waals surface area contributed by atoms with Crippen molar-refractivity contribution in [3.63, 3.8) is 0 Å². The van der Waals surface area contributed by atoms with Crippen LogP contribution in [0.5, 0.6) is 0 Å². The zero-order valence-corrected chi connectivity index (χ0v) is 12.0. The van der Waals surface area contributed by atoms with Gasteiger partial charge in [-0.05, 0) is 31.0 Å². The normalized spacial score (nSPS) is 11.0. The number of nitrogens with zero attached hydrogens (tertiary/aromatic N) is 4. The number of rotatable bonds is 4. The molecule has 0 spiro atoms. The van der Waals surface area contributed by atoms with Gasteiger partial charge in [-0.15, -0.1) is 0 Å². The van der Waals surface area contributed by atoms with Gasteiger partial charge in [0, 0.05) is 13.6 Å². The molecule has 5 nitrogen and oxygen atoms in total. The highest BCUT2D eigenvalue weighted by Crippen LogP contribution is 2.21. The smallest absolute Gasteiger partial charge is 0.163 e. The van der Waals surface area contributed by atoms with E-state index in [1.807, 2.05) is 14.0 Å². The third kappa shape index (κ3) is 2.69. The quantitative estimate of drug-likeness (QED) is 0.800. The first kappa shape index (κ1) is 13.5. The summed E-state index contributed by atoms with van der Waals surface area (Å²) in [7, 11) is 1.87. The maximum Gasteiger partial charge on any atom is 0.163 e. The molecule has 3 aromatic rings. The second-order valence-electron chi connectivity index (χ2n) is 4.93. The zero-order valence-electron chi connectivity index (χ0n) is 12.0. The van der Waals surface area contributed by atoms with E-state index in [1.165, 1.54) is 18.5 Å². The second kappa shape index (κ2) is 5.47. The molecule has 0 radical (unpaired) electrons. The van der Waals surface area contributed by atoms with E-state index in [1.54, 1.807) is 16.8 Å². The first-order valence-electron chi connectivity index (χ1n) is 6.78. The van der Waals surface area contributed by atoms with Crippen molar-refractivity contribution in [3.8, 4) is 0 Å². The van der Waals surface area contributed by atoms with Gasteiger partial charge in [0.05, 0.1) is 11.1 Å². The fourth-order valence-electron chi connectivity index (χ4n) is 2.39. The van der Waals surface area contributed by atoms with Crippen molar-refractivity contribution >= 4 is 16.9 Å². The Kier molecular flexibility index (Phi) is 3.51. The number of anilines is 1. The Bertz CT molecular complexity index is 764. The van der Waals surface area contributed by atoms with Gasteiger partial charge in [0.2, 0.25) is 0 Å². The molecule has 0 atom stereocenters. The summed E-state index contributed by atoms with van der Waals surface area (Å²) in [5.74, 6) is 0.572. The van der Waals surface area contributed by atoms with Crippen molar-refractivity contribution < 1.29 is 4.39 Å². The van der Waals surface area contributed by atoms with E-state index in [0.717, 1.165) is 34.5 Å². The first-order chi connectivity index (χ1) is 10.1. The lowest BCUT2D eigenvalue weighted by atomic mass is 10.1. The van der Waals surface area contributed by atoms with Crippen LogP contribution in [0.25, 0.3) is 11.0 Å². The molecule has 2 heterocycles. The summed E-state index contributed by atoms with van der Waals surface area (Å²) in [5.41, 5.74) is 2.79. The van der Waals surface area contributed by atoms with Crippen molar-refractivity contribution in [2.75, 3.05) is 11.9 Å². The van der Waals surface area contributed by atoms with Gasteiger partial charge < -0.3 is 5.32 Å². The molecule has 0 amide bonds. The summed E-state index contributed by atoms with van der Waals surface area (Å²) in [6, 6.07) is 6.54. The predicted molar refractivity (Wildman–Crippen MR) is 79.6 cm³/mol. The van der Waals surface area contributed by atoms with E-state index in [2.05, 4.69) is 20.4 Å². The minimum Gasteiger partial charge on any atom is -0.369 e. The van der Waals surface area contributed by atoms with E-state index in [-0.39, 0.29) is 5.82 Å². The zero-order chi connectivity index (χ0) is 14.8. The topological polar surface area (TPSA) is 55.6 Å². The van der Waals surface area contributed by atoms with Crippen LogP contribution >= 0.6 is 0 Å². The van der Waals surface area contributed by atoms with Crippen molar-refractivity contribution in [2.45, 2.75) is 13.3 Å². The van der Waals surface area contributed by atoms with E-state index in [4.69, 9.17) is 0 Å². The molecule has 0 bridgehead atoms. The summed E-state index contributed by atoms with van der Waals surface area (Å²) in [6.45, 7) is 2.66. The largest absolute Gasteiger partial charge is 0.369 e. The number of aromatic nitrogens is 4. The van der Waals surface area contributed by atoms with Gasteiger partial charge in [-0.3, -0.25) is 4.68 Å². The van der Waals surface area contributed by atoms with Gasteiger partial charge >= 0.3 is 0 Å². The van der Waals surface area contributed by atoms with E-state index >= 15 is 0 Å². The van der Waals surface area contributed by atoms with Crippen molar-refractivity contribution in [1.82, 2.24) is 19.7 Å². The van der Waals surface area contributed by atoms with E-state index in [9.17, 15) is 4.39 Å². The predicted octanol–water partition coefficient (Wildman–Crippen LogP) is 2.47. The maximum absolute atomic E-state index is 12.9. The molecule has 0 unspecified atom stereocenters. The Morgan fingerprint density at radius 1 is 1.19 bits per heavy atom. The minimum absolute atomic E-state index is 0.213. The fourth-order valence-corrected chi connectivity index (χ4v) is 2.39. The molecule has 6 heteroatoms. The summed E-state index contributed by atoms with van der Waals surface area (Å²) < 4.78 is 14.6. The Labute approximate surface area is 121 Å². The fraction of sp³-hybridized carbons (Fsp3) is 0.267. The minimum atomic E-state index is -0.213. The molecule has 0 saturated carbocycles. The van der Waals surface area contributed by atoms with Crippen LogP contribution in [0.15, 0.2) is 30.6 Å². The number of aryl methyl sites for hydroxylation is 2. The molecule has 0 fully saturated rings. The SMILES string of the molecule is Cc1nn(C)c2ncnc(NCCc3ccc(F)cc3)c12. The highest BCUT2D eigenvalue weighted by atomic mass is 19.1. The third-order valence-electron chi connectivity index (χ3n) is 3.41. The molecule has 3 rings (SSSR count). The monoisotopic (exact) mass is 285 g/mol. The van der Waals surface area contributed by atoms with Crippen LogP contribution in [0.3, 0.4) is 0 Å². The standard InChI is InChI=1S/C15H16FN5/c1-10-13-14(18-9-19-15(13)21(2)20-10)17-8-7-11-3-5-12(16)6-4-11/h3-6,9H,7-8H2,1-2H3,(H,17,18,19).